The van der Waals surface area contributed by atoms with Crippen LogP contribution in [0.1, 0.15) is 71.1 Å². The molecular weight excluding hydrogens is 254 g/mol. The van der Waals surface area contributed by atoms with Crippen LogP contribution in [-0.2, 0) is 9.59 Å². The lowest BCUT2D eigenvalue weighted by Gasteiger charge is -2.30. The highest BCUT2D eigenvalue weighted by Gasteiger charge is 2.43. The van der Waals surface area contributed by atoms with Crippen LogP contribution in [0.5, 0.6) is 0 Å². The molecule has 2 aliphatic carbocycles. The van der Waals surface area contributed by atoms with Crippen molar-refractivity contribution in [3.05, 3.63) is 0 Å². The molecule has 0 bridgehead atoms. The number of rotatable bonds is 5. The maximum absolute atomic E-state index is 12.2. The summed E-state index contributed by atoms with van der Waals surface area (Å²) in [6, 6.07) is 0.262. The molecule has 2 aliphatic rings. The van der Waals surface area contributed by atoms with E-state index in [1.165, 1.54) is 19.3 Å². The first-order valence-electron chi connectivity index (χ1n) is 8.08. The van der Waals surface area contributed by atoms with Gasteiger partial charge in [0, 0.05) is 12.5 Å². The number of aliphatic carboxylic acids is 1. The van der Waals surface area contributed by atoms with Gasteiger partial charge in [-0.3, -0.25) is 9.59 Å². The van der Waals surface area contributed by atoms with Crippen LogP contribution in [-0.4, -0.2) is 23.0 Å². The van der Waals surface area contributed by atoms with Crippen LogP contribution in [0.4, 0.5) is 0 Å². The SMILES string of the molecule is CCC1CCC(NC(=O)CC2(C(=O)O)CCCC2)CC1. The Kier molecular flexibility index (Phi) is 5.06. The minimum atomic E-state index is -0.792. The van der Waals surface area contributed by atoms with E-state index in [4.69, 9.17) is 0 Å². The summed E-state index contributed by atoms with van der Waals surface area (Å²) in [6.07, 6.45) is 9.02. The smallest absolute Gasteiger partial charge is 0.310 e. The van der Waals surface area contributed by atoms with Gasteiger partial charge in [0.25, 0.3) is 0 Å². The minimum absolute atomic E-state index is 0.0609. The zero-order chi connectivity index (χ0) is 14.6. The van der Waals surface area contributed by atoms with Crippen LogP contribution in [0.15, 0.2) is 0 Å². The van der Waals surface area contributed by atoms with E-state index < -0.39 is 11.4 Å². The normalized spacial score (nSPS) is 29.1. The maximum Gasteiger partial charge on any atom is 0.310 e. The van der Waals surface area contributed by atoms with Crippen LogP contribution in [0.2, 0.25) is 0 Å². The van der Waals surface area contributed by atoms with Gasteiger partial charge in [-0.15, -0.1) is 0 Å². The Morgan fingerprint density at radius 1 is 1.15 bits per heavy atom. The molecule has 0 saturated heterocycles. The molecule has 0 aromatic carbocycles. The van der Waals surface area contributed by atoms with E-state index in [1.807, 2.05) is 0 Å². The van der Waals surface area contributed by atoms with Crippen LogP contribution in [0.25, 0.3) is 0 Å². The van der Waals surface area contributed by atoms with Crippen molar-refractivity contribution in [2.45, 2.75) is 77.2 Å². The molecule has 0 aliphatic heterocycles. The van der Waals surface area contributed by atoms with Crippen molar-refractivity contribution >= 4 is 11.9 Å². The Balaban J connectivity index is 1.82. The van der Waals surface area contributed by atoms with Crippen LogP contribution in [0.3, 0.4) is 0 Å². The van der Waals surface area contributed by atoms with Gasteiger partial charge in [-0.25, -0.2) is 0 Å². The molecule has 2 fully saturated rings. The third-order valence-electron chi connectivity index (χ3n) is 5.30. The number of carboxylic acid groups (broad SMARTS) is 1. The molecule has 0 atom stereocenters. The third-order valence-corrected chi connectivity index (χ3v) is 5.30. The molecule has 2 rings (SSSR count). The highest BCUT2D eigenvalue weighted by Crippen LogP contribution is 2.41. The summed E-state index contributed by atoms with van der Waals surface area (Å²) in [5, 5.41) is 12.5. The molecule has 114 valence electrons. The van der Waals surface area contributed by atoms with E-state index in [0.29, 0.717) is 12.8 Å². The van der Waals surface area contributed by atoms with Crippen LogP contribution in [0, 0.1) is 11.3 Å². The Hall–Kier alpha value is -1.06. The van der Waals surface area contributed by atoms with Crippen molar-refractivity contribution in [2.24, 2.45) is 11.3 Å². The third kappa shape index (κ3) is 3.53. The number of nitrogens with one attached hydrogen (secondary N) is 1. The van der Waals surface area contributed by atoms with Gasteiger partial charge in [0.1, 0.15) is 0 Å². The zero-order valence-electron chi connectivity index (χ0n) is 12.5. The molecule has 2 N–H and O–H groups in total. The second-order valence-corrected chi connectivity index (χ2v) is 6.66. The predicted molar refractivity (Wildman–Crippen MR) is 77.3 cm³/mol. The van der Waals surface area contributed by atoms with Gasteiger partial charge in [0.05, 0.1) is 5.41 Å². The molecule has 0 radical (unpaired) electrons. The number of hydrogen-bond acceptors (Lipinski definition) is 2. The van der Waals surface area contributed by atoms with Gasteiger partial charge in [0.2, 0.25) is 5.91 Å². The largest absolute Gasteiger partial charge is 0.481 e. The highest BCUT2D eigenvalue weighted by molar-refractivity contribution is 5.85. The van der Waals surface area contributed by atoms with Crippen molar-refractivity contribution in [3.8, 4) is 0 Å². The van der Waals surface area contributed by atoms with E-state index in [2.05, 4.69) is 12.2 Å². The van der Waals surface area contributed by atoms with Crippen LogP contribution >= 0.6 is 0 Å². The lowest BCUT2D eigenvalue weighted by molar-refractivity contribution is -0.151. The molecule has 20 heavy (non-hydrogen) atoms. The summed E-state index contributed by atoms with van der Waals surface area (Å²) >= 11 is 0. The molecule has 2 saturated carbocycles. The fourth-order valence-corrected chi connectivity index (χ4v) is 3.82. The van der Waals surface area contributed by atoms with Gasteiger partial charge in [-0.1, -0.05) is 26.2 Å². The molecule has 0 unspecified atom stereocenters. The second kappa shape index (κ2) is 6.59. The summed E-state index contributed by atoms with van der Waals surface area (Å²) in [7, 11) is 0. The quantitative estimate of drug-likeness (QED) is 0.813. The van der Waals surface area contributed by atoms with Gasteiger partial charge in [0.15, 0.2) is 0 Å². The first-order valence-corrected chi connectivity index (χ1v) is 8.08. The van der Waals surface area contributed by atoms with Gasteiger partial charge < -0.3 is 10.4 Å². The average molecular weight is 281 g/mol. The van der Waals surface area contributed by atoms with Crippen LogP contribution < -0.4 is 5.32 Å². The van der Waals surface area contributed by atoms with Gasteiger partial charge in [-0.05, 0) is 44.4 Å². The van der Waals surface area contributed by atoms with E-state index >= 15 is 0 Å². The van der Waals surface area contributed by atoms with Crippen molar-refractivity contribution in [2.75, 3.05) is 0 Å². The summed E-state index contributed by atoms with van der Waals surface area (Å²) in [5.41, 5.74) is -0.787. The lowest BCUT2D eigenvalue weighted by Crippen LogP contribution is -2.41. The molecule has 4 heteroatoms. The average Bonchev–Trinajstić information content (AvgIpc) is 2.89. The first kappa shape index (κ1) is 15.3. The van der Waals surface area contributed by atoms with Gasteiger partial charge >= 0.3 is 5.97 Å². The molecule has 0 aromatic heterocycles. The number of carboxylic acids is 1. The molecule has 4 nitrogen and oxygen atoms in total. The van der Waals surface area contributed by atoms with E-state index in [-0.39, 0.29) is 18.4 Å². The van der Waals surface area contributed by atoms with Crippen molar-refractivity contribution < 1.29 is 14.7 Å². The molecule has 0 heterocycles. The number of carbonyl (C=O) groups excluding carboxylic acids is 1. The number of amides is 1. The number of hydrogen-bond donors (Lipinski definition) is 2. The lowest BCUT2D eigenvalue weighted by atomic mass is 9.81. The van der Waals surface area contributed by atoms with Crippen molar-refractivity contribution in [3.63, 3.8) is 0 Å². The Labute approximate surface area is 121 Å². The minimum Gasteiger partial charge on any atom is -0.481 e. The second-order valence-electron chi connectivity index (χ2n) is 6.66. The van der Waals surface area contributed by atoms with Crippen molar-refractivity contribution in [1.82, 2.24) is 5.32 Å². The van der Waals surface area contributed by atoms with E-state index in [0.717, 1.165) is 31.6 Å². The van der Waals surface area contributed by atoms with Crippen molar-refractivity contribution in [1.29, 1.82) is 0 Å². The summed E-state index contributed by atoms with van der Waals surface area (Å²) in [6.45, 7) is 2.22. The van der Waals surface area contributed by atoms with E-state index in [9.17, 15) is 14.7 Å². The molecule has 0 spiro atoms. The number of carbonyl (C=O) groups is 2. The maximum atomic E-state index is 12.2. The predicted octanol–water partition coefficient (Wildman–Crippen LogP) is 3.11. The Bertz CT molecular complexity index is 353. The standard InChI is InChI=1S/C16H27NO3/c1-2-12-5-7-13(8-6-12)17-14(18)11-16(15(19)20)9-3-4-10-16/h12-13H,2-11H2,1H3,(H,17,18)(H,19,20). The van der Waals surface area contributed by atoms with E-state index in [1.54, 1.807) is 0 Å². The monoisotopic (exact) mass is 281 g/mol. The molecule has 0 aromatic rings. The molecule has 1 amide bonds. The summed E-state index contributed by atoms with van der Waals surface area (Å²) in [5.74, 6) is -0.0440. The Morgan fingerprint density at radius 2 is 1.75 bits per heavy atom. The topological polar surface area (TPSA) is 66.4 Å². The fraction of sp³-hybridized carbons (Fsp3) is 0.875. The Morgan fingerprint density at radius 3 is 2.25 bits per heavy atom. The first-order chi connectivity index (χ1) is 9.55. The fourth-order valence-electron chi connectivity index (χ4n) is 3.82. The highest BCUT2D eigenvalue weighted by atomic mass is 16.4. The summed E-state index contributed by atoms with van der Waals surface area (Å²) < 4.78 is 0. The molecular formula is C16H27NO3. The van der Waals surface area contributed by atoms with Gasteiger partial charge in [-0.2, -0.15) is 0 Å². The zero-order valence-corrected chi connectivity index (χ0v) is 12.5. The summed E-state index contributed by atoms with van der Waals surface area (Å²) in [4.78, 5) is 23.6.